The number of carbonyl (C=O) groups is 1. The molecule has 6 nitrogen and oxygen atoms in total. The highest BCUT2D eigenvalue weighted by Crippen LogP contribution is 2.40. The SMILES string of the molecule is CCC1CCc2c(sc(NC(=O)CSc3nnc(-c4csc5c4CCC(C)C5)n3C)c2C#N)C1. The van der Waals surface area contributed by atoms with Crippen LogP contribution in [0, 0.1) is 23.2 Å². The van der Waals surface area contributed by atoms with Crippen molar-refractivity contribution >= 4 is 45.3 Å². The van der Waals surface area contributed by atoms with Crippen LogP contribution in [0.1, 0.15) is 59.6 Å². The molecule has 2 atom stereocenters. The maximum atomic E-state index is 12.8. The molecule has 0 fully saturated rings. The number of nitrogens with one attached hydrogen (secondary N) is 1. The summed E-state index contributed by atoms with van der Waals surface area (Å²) in [5.74, 6) is 2.42. The van der Waals surface area contributed by atoms with Crippen molar-refractivity contribution in [1.29, 1.82) is 5.26 Å². The smallest absolute Gasteiger partial charge is 0.235 e. The van der Waals surface area contributed by atoms with E-state index in [0.717, 1.165) is 61.0 Å². The lowest BCUT2D eigenvalue weighted by Gasteiger charge is -2.20. The Balaban J connectivity index is 1.26. The fraction of sp³-hybridized carbons (Fsp3) is 0.520. The number of nitrogens with zero attached hydrogens (tertiary/aromatic N) is 4. The second kappa shape index (κ2) is 9.84. The summed E-state index contributed by atoms with van der Waals surface area (Å²) < 4.78 is 1.99. The lowest BCUT2D eigenvalue weighted by Crippen LogP contribution is -2.14. The van der Waals surface area contributed by atoms with Crippen molar-refractivity contribution in [1.82, 2.24) is 14.8 Å². The number of nitriles is 1. The minimum Gasteiger partial charge on any atom is -0.316 e. The quantitative estimate of drug-likeness (QED) is 0.420. The summed E-state index contributed by atoms with van der Waals surface area (Å²) >= 11 is 4.79. The molecule has 0 saturated carbocycles. The number of hydrogen-bond acceptors (Lipinski definition) is 7. The van der Waals surface area contributed by atoms with Gasteiger partial charge in [0, 0.05) is 27.7 Å². The lowest BCUT2D eigenvalue weighted by molar-refractivity contribution is -0.113. The van der Waals surface area contributed by atoms with Gasteiger partial charge < -0.3 is 9.88 Å². The fourth-order valence-electron chi connectivity index (χ4n) is 5.04. The van der Waals surface area contributed by atoms with Crippen LogP contribution in [-0.4, -0.2) is 26.4 Å². The molecule has 1 N–H and O–H groups in total. The third-order valence-corrected chi connectivity index (χ3v) is 10.4. The number of hydrogen-bond donors (Lipinski definition) is 1. The van der Waals surface area contributed by atoms with Gasteiger partial charge in [0.2, 0.25) is 5.91 Å². The first kappa shape index (κ1) is 23.6. The van der Waals surface area contributed by atoms with Gasteiger partial charge in [-0.2, -0.15) is 5.26 Å². The predicted molar refractivity (Wildman–Crippen MR) is 140 cm³/mol. The Hall–Kier alpha value is -2.15. The summed E-state index contributed by atoms with van der Waals surface area (Å²) in [6, 6.07) is 2.33. The van der Waals surface area contributed by atoms with Gasteiger partial charge in [-0.05, 0) is 61.5 Å². The largest absolute Gasteiger partial charge is 0.316 e. The summed E-state index contributed by atoms with van der Waals surface area (Å²) in [5, 5.41) is 25.2. The fourth-order valence-corrected chi connectivity index (χ4v) is 8.32. The van der Waals surface area contributed by atoms with Crippen molar-refractivity contribution in [3.63, 3.8) is 0 Å². The summed E-state index contributed by atoms with van der Waals surface area (Å²) in [4.78, 5) is 15.5. The Morgan fingerprint density at radius 3 is 2.88 bits per heavy atom. The third-order valence-electron chi connectivity index (χ3n) is 7.12. The van der Waals surface area contributed by atoms with Crippen molar-refractivity contribution < 1.29 is 4.79 Å². The van der Waals surface area contributed by atoms with Gasteiger partial charge in [0.1, 0.15) is 11.1 Å². The molecule has 9 heteroatoms. The van der Waals surface area contributed by atoms with Crippen LogP contribution in [0.5, 0.6) is 0 Å². The van der Waals surface area contributed by atoms with E-state index in [2.05, 4.69) is 40.8 Å². The zero-order chi connectivity index (χ0) is 23.8. The molecule has 0 saturated heterocycles. The van der Waals surface area contributed by atoms with Gasteiger partial charge in [-0.3, -0.25) is 4.79 Å². The molecule has 0 bridgehead atoms. The molecule has 178 valence electrons. The number of carbonyl (C=O) groups excluding carboxylic acids is 1. The van der Waals surface area contributed by atoms with Crippen LogP contribution in [-0.2, 0) is 37.5 Å². The van der Waals surface area contributed by atoms with E-state index < -0.39 is 0 Å². The molecule has 3 heterocycles. The van der Waals surface area contributed by atoms with Gasteiger partial charge in [0.15, 0.2) is 11.0 Å². The second-order valence-corrected chi connectivity index (χ2v) is 12.4. The maximum absolute atomic E-state index is 12.8. The van der Waals surface area contributed by atoms with Gasteiger partial charge in [-0.1, -0.05) is 32.0 Å². The van der Waals surface area contributed by atoms with Gasteiger partial charge in [-0.15, -0.1) is 32.9 Å². The highest BCUT2D eigenvalue weighted by molar-refractivity contribution is 7.99. The maximum Gasteiger partial charge on any atom is 0.235 e. The molecule has 5 rings (SSSR count). The van der Waals surface area contributed by atoms with E-state index in [4.69, 9.17) is 0 Å². The normalized spacial score (nSPS) is 19.4. The van der Waals surface area contributed by atoms with Gasteiger partial charge >= 0.3 is 0 Å². The van der Waals surface area contributed by atoms with Gasteiger partial charge in [-0.25, -0.2) is 0 Å². The molecule has 0 aliphatic heterocycles. The highest BCUT2D eigenvalue weighted by atomic mass is 32.2. The highest BCUT2D eigenvalue weighted by Gasteiger charge is 2.26. The van der Waals surface area contributed by atoms with Crippen LogP contribution in [0.4, 0.5) is 5.00 Å². The summed E-state index contributed by atoms with van der Waals surface area (Å²) in [7, 11) is 1.97. The minimum absolute atomic E-state index is 0.112. The predicted octanol–water partition coefficient (Wildman–Crippen LogP) is 5.85. The Bertz CT molecular complexity index is 1260. The number of rotatable bonds is 6. The lowest BCUT2D eigenvalue weighted by atomic mass is 9.86. The molecule has 0 radical (unpaired) electrons. The first-order chi connectivity index (χ1) is 16.5. The van der Waals surface area contributed by atoms with Crippen molar-refractivity contribution in [2.75, 3.05) is 11.1 Å². The van der Waals surface area contributed by atoms with Crippen LogP contribution in [0.25, 0.3) is 11.4 Å². The molecule has 34 heavy (non-hydrogen) atoms. The van der Waals surface area contributed by atoms with E-state index in [9.17, 15) is 10.1 Å². The molecule has 0 spiro atoms. The monoisotopic (exact) mass is 511 g/mol. The second-order valence-electron chi connectivity index (χ2n) is 9.44. The Labute approximate surface area is 212 Å². The average Bonchev–Trinajstić information content (AvgIpc) is 3.51. The van der Waals surface area contributed by atoms with Crippen LogP contribution < -0.4 is 5.32 Å². The summed E-state index contributed by atoms with van der Waals surface area (Å²) in [6.07, 6.45) is 7.69. The van der Waals surface area contributed by atoms with E-state index in [1.165, 1.54) is 39.1 Å². The standard InChI is InChI=1S/C25H29N5OS3/c1-4-15-6-8-16-18(11-26)24(34-21(16)10-15)27-22(31)13-33-25-29-28-23(30(25)3)19-12-32-20-9-14(2)5-7-17(19)20/h12,14-15H,4-10,13H2,1-3H3,(H,27,31). The number of thioether (sulfide) groups is 1. The summed E-state index contributed by atoms with van der Waals surface area (Å²) in [5.41, 5.74) is 4.41. The first-order valence-electron chi connectivity index (χ1n) is 11.9. The van der Waals surface area contributed by atoms with Crippen LogP contribution >= 0.6 is 34.4 Å². The van der Waals surface area contributed by atoms with Gasteiger partial charge in [0.05, 0.1) is 11.3 Å². The Kier molecular flexibility index (Phi) is 6.83. The van der Waals surface area contributed by atoms with Crippen LogP contribution in [0.15, 0.2) is 10.5 Å². The summed E-state index contributed by atoms with van der Waals surface area (Å²) in [6.45, 7) is 4.54. The van der Waals surface area contributed by atoms with E-state index in [1.807, 2.05) is 23.0 Å². The topological polar surface area (TPSA) is 83.6 Å². The Morgan fingerprint density at radius 1 is 1.26 bits per heavy atom. The number of thiophene rings is 2. The van der Waals surface area contributed by atoms with E-state index in [-0.39, 0.29) is 11.7 Å². The Morgan fingerprint density at radius 2 is 2.09 bits per heavy atom. The molecular formula is C25H29N5OS3. The molecule has 3 aromatic rings. The molecule has 3 aromatic heterocycles. The van der Waals surface area contributed by atoms with E-state index in [1.54, 1.807) is 11.3 Å². The van der Waals surface area contributed by atoms with Crippen molar-refractivity contribution in [3.05, 3.63) is 31.8 Å². The van der Waals surface area contributed by atoms with Gasteiger partial charge in [0.25, 0.3) is 0 Å². The molecule has 2 unspecified atom stereocenters. The zero-order valence-corrected chi connectivity index (χ0v) is 22.3. The van der Waals surface area contributed by atoms with E-state index in [0.29, 0.717) is 16.5 Å². The molecule has 0 aromatic carbocycles. The molecule has 2 aliphatic carbocycles. The number of aromatic nitrogens is 3. The average molecular weight is 512 g/mol. The van der Waals surface area contributed by atoms with E-state index >= 15 is 0 Å². The van der Waals surface area contributed by atoms with Crippen molar-refractivity contribution in [2.45, 2.75) is 63.9 Å². The van der Waals surface area contributed by atoms with Crippen LogP contribution in [0.3, 0.4) is 0 Å². The molecule has 1 amide bonds. The number of amides is 1. The van der Waals surface area contributed by atoms with Crippen molar-refractivity contribution in [3.8, 4) is 17.5 Å². The molecular weight excluding hydrogens is 483 g/mol. The third kappa shape index (κ3) is 4.43. The zero-order valence-electron chi connectivity index (χ0n) is 19.8. The number of fused-ring (bicyclic) bond motifs is 2. The number of anilines is 1. The first-order valence-corrected chi connectivity index (χ1v) is 14.6. The van der Waals surface area contributed by atoms with Crippen molar-refractivity contribution in [2.24, 2.45) is 18.9 Å². The molecule has 2 aliphatic rings. The van der Waals surface area contributed by atoms with Crippen LogP contribution in [0.2, 0.25) is 0 Å². The minimum atomic E-state index is -0.112.